The minimum atomic E-state index is -0.361. The third-order valence-electron chi connectivity index (χ3n) is 2.85. The van der Waals surface area contributed by atoms with Gasteiger partial charge in [-0.1, -0.05) is 30.3 Å². The van der Waals surface area contributed by atoms with Gasteiger partial charge in [0.2, 0.25) is 0 Å². The SMILES string of the molecule is COC(=O)N[C@@H]1C[C@@H]1COCc1ccccc1. The van der Waals surface area contributed by atoms with E-state index in [-0.39, 0.29) is 12.1 Å². The molecule has 1 aliphatic carbocycles. The zero-order chi connectivity index (χ0) is 12.1. The van der Waals surface area contributed by atoms with Crippen LogP contribution in [0.3, 0.4) is 0 Å². The van der Waals surface area contributed by atoms with Crippen LogP contribution in [0.25, 0.3) is 0 Å². The molecule has 92 valence electrons. The lowest BCUT2D eigenvalue weighted by atomic mass is 10.2. The predicted molar refractivity (Wildman–Crippen MR) is 63.5 cm³/mol. The van der Waals surface area contributed by atoms with Crippen molar-refractivity contribution in [3.8, 4) is 0 Å². The highest BCUT2D eigenvalue weighted by Crippen LogP contribution is 2.30. The number of carbonyl (C=O) groups is 1. The van der Waals surface area contributed by atoms with Crippen LogP contribution in [0.15, 0.2) is 30.3 Å². The Morgan fingerprint density at radius 3 is 2.88 bits per heavy atom. The first-order valence-electron chi connectivity index (χ1n) is 5.75. The Morgan fingerprint density at radius 2 is 2.18 bits per heavy atom. The number of nitrogens with one attached hydrogen (secondary N) is 1. The normalized spacial score (nSPS) is 21.9. The molecule has 1 fully saturated rings. The molecule has 4 heteroatoms. The van der Waals surface area contributed by atoms with Gasteiger partial charge in [-0.25, -0.2) is 4.79 Å². The maximum Gasteiger partial charge on any atom is 0.407 e. The van der Waals surface area contributed by atoms with E-state index in [4.69, 9.17) is 4.74 Å². The van der Waals surface area contributed by atoms with Gasteiger partial charge in [0.25, 0.3) is 0 Å². The largest absolute Gasteiger partial charge is 0.453 e. The summed E-state index contributed by atoms with van der Waals surface area (Å²) in [7, 11) is 1.37. The van der Waals surface area contributed by atoms with E-state index in [0.717, 1.165) is 6.42 Å². The van der Waals surface area contributed by atoms with Crippen LogP contribution in [-0.4, -0.2) is 25.9 Å². The summed E-state index contributed by atoms with van der Waals surface area (Å²) in [6, 6.07) is 10.3. The van der Waals surface area contributed by atoms with Crippen molar-refractivity contribution in [2.24, 2.45) is 5.92 Å². The van der Waals surface area contributed by atoms with Gasteiger partial charge >= 0.3 is 6.09 Å². The molecular formula is C13H17NO3. The lowest BCUT2D eigenvalue weighted by molar-refractivity contribution is 0.108. The fourth-order valence-electron chi connectivity index (χ4n) is 1.72. The van der Waals surface area contributed by atoms with Gasteiger partial charge < -0.3 is 14.8 Å². The molecule has 1 saturated carbocycles. The summed E-state index contributed by atoms with van der Waals surface area (Å²) in [6.45, 7) is 1.31. The lowest BCUT2D eigenvalue weighted by Crippen LogP contribution is -2.27. The summed E-state index contributed by atoms with van der Waals surface area (Å²) in [6.07, 6.45) is 0.615. The van der Waals surface area contributed by atoms with Crippen molar-refractivity contribution in [3.63, 3.8) is 0 Å². The van der Waals surface area contributed by atoms with Gasteiger partial charge in [-0.05, 0) is 12.0 Å². The van der Waals surface area contributed by atoms with Gasteiger partial charge in [-0.15, -0.1) is 0 Å². The van der Waals surface area contributed by atoms with Crippen LogP contribution in [0.1, 0.15) is 12.0 Å². The second kappa shape index (κ2) is 5.68. The number of methoxy groups -OCH3 is 1. The first-order chi connectivity index (χ1) is 8.29. The van der Waals surface area contributed by atoms with Crippen molar-refractivity contribution in [2.75, 3.05) is 13.7 Å². The Balaban J connectivity index is 1.60. The zero-order valence-electron chi connectivity index (χ0n) is 9.89. The second-order valence-corrected chi connectivity index (χ2v) is 4.24. The molecule has 0 spiro atoms. The van der Waals surface area contributed by atoms with Crippen molar-refractivity contribution in [1.82, 2.24) is 5.32 Å². The van der Waals surface area contributed by atoms with Crippen LogP contribution in [-0.2, 0) is 16.1 Å². The van der Waals surface area contributed by atoms with Crippen molar-refractivity contribution < 1.29 is 14.3 Å². The molecular weight excluding hydrogens is 218 g/mol. The summed E-state index contributed by atoms with van der Waals surface area (Å²) in [5.74, 6) is 0.429. The number of ether oxygens (including phenoxy) is 2. The molecule has 0 unspecified atom stereocenters. The Kier molecular flexibility index (Phi) is 3.98. The molecule has 0 radical (unpaired) electrons. The molecule has 4 nitrogen and oxygen atoms in total. The molecule has 0 aliphatic heterocycles. The summed E-state index contributed by atoms with van der Waals surface area (Å²) in [5.41, 5.74) is 1.17. The molecule has 2 atom stereocenters. The molecule has 0 bridgehead atoms. The van der Waals surface area contributed by atoms with E-state index < -0.39 is 0 Å². The van der Waals surface area contributed by atoms with Crippen LogP contribution in [0, 0.1) is 5.92 Å². The van der Waals surface area contributed by atoms with Crippen LogP contribution >= 0.6 is 0 Å². The number of rotatable bonds is 5. The topological polar surface area (TPSA) is 47.6 Å². The molecule has 1 aliphatic rings. The van der Waals surface area contributed by atoms with Crippen molar-refractivity contribution in [2.45, 2.75) is 19.1 Å². The summed E-state index contributed by atoms with van der Waals surface area (Å²) in [5, 5.41) is 2.76. The van der Waals surface area contributed by atoms with Gasteiger partial charge in [0.15, 0.2) is 0 Å². The summed E-state index contributed by atoms with van der Waals surface area (Å²) >= 11 is 0. The number of carbonyl (C=O) groups excluding carboxylic acids is 1. The van der Waals surface area contributed by atoms with E-state index >= 15 is 0 Å². The molecule has 2 rings (SSSR count). The fourth-order valence-corrected chi connectivity index (χ4v) is 1.72. The first kappa shape index (κ1) is 11.9. The fraction of sp³-hybridized carbons (Fsp3) is 0.462. The molecule has 0 heterocycles. The number of hydrogen-bond donors (Lipinski definition) is 1. The van der Waals surface area contributed by atoms with Crippen molar-refractivity contribution in [1.29, 1.82) is 0 Å². The van der Waals surface area contributed by atoms with Crippen molar-refractivity contribution in [3.05, 3.63) is 35.9 Å². The first-order valence-corrected chi connectivity index (χ1v) is 5.75. The highest BCUT2D eigenvalue weighted by atomic mass is 16.5. The Labute approximate surface area is 101 Å². The van der Waals surface area contributed by atoms with Gasteiger partial charge in [0.05, 0.1) is 20.3 Å². The zero-order valence-corrected chi connectivity index (χ0v) is 9.89. The Hall–Kier alpha value is -1.55. The minimum absolute atomic E-state index is 0.221. The minimum Gasteiger partial charge on any atom is -0.453 e. The van der Waals surface area contributed by atoms with E-state index in [2.05, 4.69) is 10.1 Å². The predicted octanol–water partition coefficient (Wildman–Crippen LogP) is 1.95. The van der Waals surface area contributed by atoms with Gasteiger partial charge in [-0.3, -0.25) is 0 Å². The highest BCUT2D eigenvalue weighted by Gasteiger charge is 2.38. The van der Waals surface area contributed by atoms with Crippen LogP contribution < -0.4 is 5.32 Å². The molecule has 1 amide bonds. The van der Waals surface area contributed by atoms with Gasteiger partial charge in [0, 0.05) is 12.0 Å². The van der Waals surface area contributed by atoms with E-state index in [0.29, 0.717) is 19.1 Å². The number of alkyl carbamates (subject to hydrolysis) is 1. The highest BCUT2D eigenvalue weighted by molar-refractivity contribution is 5.67. The van der Waals surface area contributed by atoms with Crippen LogP contribution in [0.2, 0.25) is 0 Å². The average Bonchev–Trinajstić information content (AvgIpc) is 3.08. The van der Waals surface area contributed by atoms with Crippen molar-refractivity contribution >= 4 is 6.09 Å². The molecule has 0 aromatic heterocycles. The quantitative estimate of drug-likeness (QED) is 0.848. The third kappa shape index (κ3) is 3.75. The lowest BCUT2D eigenvalue weighted by Gasteiger charge is -2.04. The van der Waals surface area contributed by atoms with Crippen LogP contribution in [0.4, 0.5) is 4.79 Å². The van der Waals surface area contributed by atoms with E-state index in [9.17, 15) is 4.79 Å². The standard InChI is InChI=1S/C13H17NO3/c1-16-13(15)14-12-7-11(12)9-17-8-10-5-3-2-4-6-10/h2-6,11-12H,7-9H2,1H3,(H,14,15)/t11-,12-/m1/s1. The van der Waals surface area contributed by atoms with Gasteiger partial charge in [0.1, 0.15) is 0 Å². The molecule has 1 aromatic carbocycles. The third-order valence-corrected chi connectivity index (χ3v) is 2.85. The maximum atomic E-state index is 10.9. The second-order valence-electron chi connectivity index (χ2n) is 4.24. The Morgan fingerprint density at radius 1 is 1.41 bits per heavy atom. The average molecular weight is 235 g/mol. The number of hydrogen-bond acceptors (Lipinski definition) is 3. The molecule has 1 aromatic rings. The maximum absolute atomic E-state index is 10.9. The monoisotopic (exact) mass is 235 g/mol. The summed E-state index contributed by atoms with van der Waals surface area (Å²) < 4.78 is 10.1. The molecule has 1 N–H and O–H groups in total. The number of benzene rings is 1. The number of amides is 1. The summed E-state index contributed by atoms with van der Waals surface area (Å²) in [4.78, 5) is 10.9. The van der Waals surface area contributed by atoms with E-state index in [1.165, 1.54) is 12.7 Å². The van der Waals surface area contributed by atoms with Gasteiger partial charge in [-0.2, -0.15) is 0 Å². The van der Waals surface area contributed by atoms with E-state index in [1.54, 1.807) is 0 Å². The molecule has 17 heavy (non-hydrogen) atoms. The smallest absolute Gasteiger partial charge is 0.407 e. The molecule has 0 saturated heterocycles. The van der Waals surface area contributed by atoms with Crippen LogP contribution in [0.5, 0.6) is 0 Å². The Bertz CT molecular complexity index is 366. The van der Waals surface area contributed by atoms with E-state index in [1.807, 2.05) is 30.3 Å².